The van der Waals surface area contributed by atoms with Crippen LogP contribution in [0.5, 0.6) is 5.75 Å². The molecule has 150 valence electrons. The lowest BCUT2D eigenvalue weighted by Crippen LogP contribution is -2.15. The van der Waals surface area contributed by atoms with Crippen molar-refractivity contribution in [3.05, 3.63) is 53.1 Å². The first-order valence-corrected chi connectivity index (χ1v) is 9.12. The van der Waals surface area contributed by atoms with E-state index in [1.807, 2.05) is 0 Å². The Morgan fingerprint density at radius 3 is 2.80 bits per heavy atom. The number of ether oxygens (including phenoxy) is 1. The maximum atomic E-state index is 13.0. The predicted octanol–water partition coefficient (Wildman–Crippen LogP) is 1.61. The first-order chi connectivity index (χ1) is 14.6. The van der Waals surface area contributed by atoms with Gasteiger partial charge in [-0.2, -0.15) is 5.10 Å². The van der Waals surface area contributed by atoms with E-state index in [9.17, 15) is 4.79 Å². The van der Waals surface area contributed by atoms with Crippen molar-refractivity contribution in [1.82, 2.24) is 39.7 Å². The number of nitrogens with one attached hydrogen (secondary N) is 3. The number of rotatable bonds is 5. The van der Waals surface area contributed by atoms with Crippen LogP contribution in [0, 0.1) is 0 Å². The average molecular weight is 403 g/mol. The van der Waals surface area contributed by atoms with Crippen LogP contribution in [0.15, 0.2) is 41.7 Å². The number of H-pyrrole nitrogens is 2. The van der Waals surface area contributed by atoms with Gasteiger partial charge in [-0.1, -0.05) is 0 Å². The van der Waals surface area contributed by atoms with Crippen molar-refractivity contribution in [3.8, 4) is 17.1 Å². The lowest BCUT2D eigenvalue weighted by molar-refractivity contribution is 0.413. The minimum Gasteiger partial charge on any atom is -0.495 e. The van der Waals surface area contributed by atoms with Crippen molar-refractivity contribution >= 4 is 27.9 Å². The van der Waals surface area contributed by atoms with Gasteiger partial charge >= 0.3 is 0 Å². The van der Waals surface area contributed by atoms with E-state index in [-0.39, 0.29) is 5.56 Å². The molecule has 11 nitrogen and oxygen atoms in total. The summed E-state index contributed by atoms with van der Waals surface area (Å²) in [6.45, 7) is 0.315. The molecule has 0 saturated heterocycles. The van der Waals surface area contributed by atoms with Crippen molar-refractivity contribution in [3.63, 3.8) is 0 Å². The van der Waals surface area contributed by atoms with Gasteiger partial charge in [0.15, 0.2) is 5.65 Å². The molecule has 0 unspecified atom stereocenters. The van der Waals surface area contributed by atoms with E-state index in [1.165, 1.54) is 0 Å². The van der Waals surface area contributed by atoms with Crippen LogP contribution in [-0.2, 0) is 13.6 Å². The number of fused-ring (bicyclic) bond motifs is 2. The standard InChI is InChI=1S/C19H17N9O2/c1-28-9-12-15(27-28)16(22-8-13-20-4-3-5-21-13)14(19(29)25-12)18-24-11-6-10(30-2)7-23-17(11)26-18/h3-7,9,22H,8H2,1-2H3,(H,25,29)(H,23,24,26). The van der Waals surface area contributed by atoms with Crippen molar-refractivity contribution in [1.29, 1.82) is 0 Å². The highest BCUT2D eigenvalue weighted by Gasteiger charge is 2.20. The zero-order valence-electron chi connectivity index (χ0n) is 16.2. The van der Waals surface area contributed by atoms with E-state index in [4.69, 9.17) is 4.74 Å². The summed E-state index contributed by atoms with van der Waals surface area (Å²) < 4.78 is 6.85. The third kappa shape index (κ3) is 3.02. The van der Waals surface area contributed by atoms with E-state index in [2.05, 4.69) is 40.3 Å². The van der Waals surface area contributed by atoms with Gasteiger partial charge in [-0.05, 0) is 6.07 Å². The average Bonchev–Trinajstić information content (AvgIpc) is 3.33. The number of nitrogens with zero attached hydrogens (tertiary/aromatic N) is 6. The van der Waals surface area contributed by atoms with Crippen molar-refractivity contribution in [2.24, 2.45) is 7.05 Å². The zero-order chi connectivity index (χ0) is 20.7. The van der Waals surface area contributed by atoms with Crippen LogP contribution in [0.1, 0.15) is 5.82 Å². The van der Waals surface area contributed by atoms with Crippen LogP contribution in [0.4, 0.5) is 5.69 Å². The number of anilines is 1. The number of hydrogen-bond acceptors (Lipinski definition) is 8. The summed E-state index contributed by atoms with van der Waals surface area (Å²) in [4.78, 5) is 36.3. The van der Waals surface area contributed by atoms with Crippen LogP contribution >= 0.6 is 0 Å². The Balaban J connectivity index is 1.68. The van der Waals surface area contributed by atoms with Crippen molar-refractivity contribution in [2.45, 2.75) is 6.54 Å². The Labute approximate surface area is 169 Å². The molecule has 0 atom stereocenters. The second-order valence-corrected chi connectivity index (χ2v) is 6.62. The molecule has 0 aromatic carbocycles. The van der Waals surface area contributed by atoms with Crippen LogP contribution in [-0.4, -0.2) is 46.8 Å². The van der Waals surface area contributed by atoms with Gasteiger partial charge in [-0.15, -0.1) is 0 Å². The fourth-order valence-electron chi connectivity index (χ4n) is 3.28. The second kappa shape index (κ2) is 6.95. The Morgan fingerprint density at radius 2 is 2.00 bits per heavy atom. The summed E-state index contributed by atoms with van der Waals surface area (Å²) in [5.41, 5.74) is 2.90. The number of methoxy groups -OCH3 is 1. The first-order valence-electron chi connectivity index (χ1n) is 9.12. The summed E-state index contributed by atoms with van der Waals surface area (Å²) >= 11 is 0. The maximum Gasteiger partial charge on any atom is 0.261 e. The molecule has 5 aromatic rings. The molecule has 0 spiro atoms. The Hall–Kier alpha value is -4.28. The molecule has 5 aromatic heterocycles. The molecule has 0 aliphatic heterocycles. The molecule has 0 radical (unpaired) electrons. The minimum atomic E-state index is -0.307. The fourth-order valence-corrected chi connectivity index (χ4v) is 3.28. The van der Waals surface area contributed by atoms with Gasteiger partial charge in [0.25, 0.3) is 5.56 Å². The Bertz CT molecular complexity index is 1420. The van der Waals surface area contributed by atoms with Gasteiger partial charge in [-0.3, -0.25) is 9.48 Å². The molecular formula is C19H17N9O2. The van der Waals surface area contributed by atoms with E-state index in [0.29, 0.717) is 57.4 Å². The summed E-state index contributed by atoms with van der Waals surface area (Å²) in [6, 6.07) is 3.52. The summed E-state index contributed by atoms with van der Waals surface area (Å²) in [5, 5.41) is 7.77. The molecule has 5 heterocycles. The van der Waals surface area contributed by atoms with Gasteiger partial charge < -0.3 is 20.0 Å². The lowest BCUT2D eigenvalue weighted by atomic mass is 10.2. The second-order valence-electron chi connectivity index (χ2n) is 6.62. The van der Waals surface area contributed by atoms with Gasteiger partial charge in [0.05, 0.1) is 36.6 Å². The van der Waals surface area contributed by atoms with Gasteiger partial charge in [0, 0.05) is 31.7 Å². The highest BCUT2D eigenvalue weighted by atomic mass is 16.5. The Kier molecular flexibility index (Phi) is 4.12. The topological polar surface area (TPSA) is 139 Å². The zero-order valence-corrected chi connectivity index (χ0v) is 16.2. The third-order valence-electron chi connectivity index (χ3n) is 4.62. The molecule has 30 heavy (non-hydrogen) atoms. The van der Waals surface area contributed by atoms with E-state index >= 15 is 0 Å². The molecule has 0 aliphatic carbocycles. The molecule has 0 aliphatic rings. The summed E-state index contributed by atoms with van der Waals surface area (Å²) in [6.07, 6.45) is 6.65. The molecule has 0 fully saturated rings. The van der Waals surface area contributed by atoms with E-state index in [1.54, 1.807) is 55.8 Å². The highest BCUT2D eigenvalue weighted by Crippen LogP contribution is 2.30. The first kappa shape index (κ1) is 17.8. The van der Waals surface area contributed by atoms with Crippen molar-refractivity contribution in [2.75, 3.05) is 12.4 Å². The van der Waals surface area contributed by atoms with E-state index in [0.717, 1.165) is 0 Å². The van der Waals surface area contributed by atoms with Crippen LogP contribution in [0.3, 0.4) is 0 Å². The normalized spacial score (nSPS) is 11.3. The van der Waals surface area contributed by atoms with E-state index < -0.39 is 0 Å². The van der Waals surface area contributed by atoms with Crippen LogP contribution < -0.4 is 15.6 Å². The molecule has 11 heteroatoms. The number of pyridine rings is 2. The number of hydrogen-bond donors (Lipinski definition) is 3. The molecule has 3 N–H and O–H groups in total. The minimum absolute atomic E-state index is 0.307. The quantitative estimate of drug-likeness (QED) is 0.402. The molecule has 0 bridgehead atoms. The number of aryl methyl sites for hydroxylation is 1. The number of aromatic amines is 2. The van der Waals surface area contributed by atoms with Gasteiger partial charge in [0.1, 0.15) is 28.5 Å². The summed E-state index contributed by atoms with van der Waals surface area (Å²) in [5.74, 6) is 1.55. The fraction of sp³-hybridized carbons (Fsp3) is 0.158. The molecule has 0 amide bonds. The van der Waals surface area contributed by atoms with Crippen LogP contribution in [0.25, 0.3) is 33.6 Å². The molecule has 5 rings (SSSR count). The monoisotopic (exact) mass is 403 g/mol. The van der Waals surface area contributed by atoms with Crippen molar-refractivity contribution < 1.29 is 4.74 Å². The highest BCUT2D eigenvalue weighted by molar-refractivity contribution is 5.96. The molecular weight excluding hydrogens is 386 g/mol. The van der Waals surface area contributed by atoms with Crippen LogP contribution in [0.2, 0.25) is 0 Å². The number of imidazole rings is 1. The van der Waals surface area contributed by atoms with Gasteiger partial charge in [-0.25, -0.2) is 19.9 Å². The predicted molar refractivity (Wildman–Crippen MR) is 110 cm³/mol. The maximum absolute atomic E-state index is 13.0. The lowest BCUT2D eigenvalue weighted by Gasteiger charge is -2.10. The third-order valence-corrected chi connectivity index (χ3v) is 4.62. The number of aromatic nitrogens is 8. The smallest absolute Gasteiger partial charge is 0.261 e. The molecule has 0 saturated carbocycles. The SMILES string of the molecule is COc1cnc2nc(-c3c(NCc4ncccn4)c4nn(C)cc4[nH]c3=O)[nH]c2c1. The Morgan fingerprint density at radius 1 is 1.17 bits per heavy atom. The largest absolute Gasteiger partial charge is 0.495 e. The summed E-state index contributed by atoms with van der Waals surface area (Å²) in [7, 11) is 3.35. The van der Waals surface area contributed by atoms with Gasteiger partial charge in [0.2, 0.25) is 0 Å².